The average molecular weight is 294 g/mol. The van der Waals surface area contributed by atoms with E-state index in [4.69, 9.17) is 4.74 Å². The number of piperidine rings is 1. The Morgan fingerprint density at radius 3 is 2.81 bits per heavy atom. The zero-order valence-corrected chi connectivity index (χ0v) is 12.2. The first-order valence-electron chi connectivity index (χ1n) is 7.65. The highest BCUT2D eigenvalue weighted by molar-refractivity contribution is 5.81. The number of unbranched alkanes of at least 4 members (excludes halogenated alkanes) is 1. The van der Waals surface area contributed by atoms with Crippen molar-refractivity contribution in [3.8, 4) is 5.75 Å². The molecule has 116 valence electrons. The molecule has 1 aliphatic heterocycles. The molecule has 1 atom stereocenters. The lowest BCUT2D eigenvalue weighted by Gasteiger charge is -2.22. The Morgan fingerprint density at radius 2 is 2.10 bits per heavy atom. The highest BCUT2D eigenvalue weighted by Gasteiger charge is 2.19. The number of rotatable bonds is 7. The van der Waals surface area contributed by atoms with E-state index in [9.17, 15) is 9.18 Å². The molecular weight excluding hydrogens is 271 g/mol. The predicted octanol–water partition coefficient (Wildman–Crippen LogP) is 2.24. The van der Waals surface area contributed by atoms with Gasteiger partial charge in [-0.15, -0.1) is 0 Å². The monoisotopic (exact) mass is 294 g/mol. The zero-order chi connectivity index (χ0) is 14.9. The maximum Gasteiger partial charge on any atom is 0.237 e. The topological polar surface area (TPSA) is 50.4 Å². The molecule has 1 fully saturated rings. The van der Waals surface area contributed by atoms with Crippen LogP contribution < -0.4 is 15.4 Å². The fourth-order valence-electron chi connectivity index (χ4n) is 2.36. The molecule has 4 nitrogen and oxygen atoms in total. The van der Waals surface area contributed by atoms with Crippen molar-refractivity contribution in [3.63, 3.8) is 0 Å². The summed E-state index contributed by atoms with van der Waals surface area (Å²) >= 11 is 0. The lowest BCUT2D eigenvalue weighted by Crippen LogP contribution is -2.46. The number of halogens is 1. The van der Waals surface area contributed by atoms with Gasteiger partial charge in [0, 0.05) is 6.54 Å². The van der Waals surface area contributed by atoms with E-state index in [0.29, 0.717) is 18.9 Å². The molecule has 1 amide bonds. The molecule has 1 unspecified atom stereocenters. The summed E-state index contributed by atoms with van der Waals surface area (Å²) in [6.07, 6.45) is 4.94. The van der Waals surface area contributed by atoms with Crippen molar-refractivity contribution < 1.29 is 13.9 Å². The minimum atomic E-state index is -0.263. The third-order valence-electron chi connectivity index (χ3n) is 3.58. The minimum absolute atomic E-state index is 0.0192. The van der Waals surface area contributed by atoms with Gasteiger partial charge in [0.1, 0.15) is 11.6 Å². The molecule has 1 aromatic rings. The first-order chi connectivity index (χ1) is 10.3. The molecule has 0 aromatic heterocycles. The Morgan fingerprint density at radius 1 is 1.29 bits per heavy atom. The third kappa shape index (κ3) is 5.71. The van der Waals surface area contributed by atoms with Gasteiger partial charge in [-0.3, -0.25) is 4.79 Å². The molecule has 0 aliphatic carbocycles. The fourth-order valence-corrected chi connectivity index (χ4v) is 2.36. The van der Waals surface area contributed by atoms with Gasteiger partial charge < -0.3 is 15.4 Å². The fraction of sp³-hybridized carbons (Fsp3) is 0.562. The van der Waals surface area contributed by atoms with Crippen LogP contribution in [0.4, 0.5) is 4.39 Å². The van der Waals surface area contributed by atoms with E-state index in [1.807, 2.05) is 0 Å². The normalized spacial score (nSPS) is 18.2. The SMILES string of the molecule is O=C(NCCCCOc1ccc(F)cc1)C1CCCCN1. The Kier molecular flexibility index (Phi) is 6.47. The zero-order valence-electron chi connectivity index (χ0n) is 12.2. The molecule has 2 rings (SSSR count). The Hall–Kier alpha value is -1.62. The van der Waals surface area contributed by atoms with Gasteiger partial charge in [-0.2, -0.15) is 0 Å². The first-order valence-corrected chi connectivity index (χ1v) is 7.65. The number of amides is 1. The van der Waals surface area contributed by atoms with E-state index >= 15 is 0 Å². The molecule has 2 N–H and O–H groups in total. The Bertz CT molecular complexity index is 430. The number of carbonyl (C=O) groups is 1. The van der Waals surface area contributed by atoms with E-state index in [0.717, 1.165) is 38.6 Å². The molecule has 0 saturated carbocycles. The summed E-state index contributed by atoms with van der Waals surface area (Å²) in [4.78, 5) is 11.8. The van der Waals surface area contributed by atoms with Crippen LogP contribution >= 0.6 is 0 Å². The smallest absolute Gasteiger partial charge is 0.237 e. The van der Waals surface area contributed by atoms with Crippen LogP contribution in [0.2, 0.25) is 0 Å². The third-order valence-corrected chi connectivity index (χ3v) is 3.58. The van der Waals surface area contributed by atoms with Crippen LogP contribution in [0.3, 0.4) is 0 Å². The summed E-state index contributed by atoms with van der Waals surface area (Å²) in [5.74, 6) is 0.516. The van der Waals surface area contributed by atoms with Crippen LogP contribution in [0, 0.1) is 5.82 Å². The predicted molar refractivity (Wildman–Crippen MR) is 79.8 cm³/mol. The van der Waals surface area contributed by atoms with E-state index in [1.54, 1.807) is 12.1 Å². The maximum absolute atomic E-state index is 12.7. The van der Waals surface area contributed by atoms with Gasteiger partial charge in [0.25, 0.3) is 0 Å². The molecule has 21 heavy (non-hydrogen) atoms. The second-order valence-electron chi connectivity index (χ2n) is 5.30. The summed E-state index contributed by atoms with van der Waals surface area (Å²) in [6.45, 7) is 2.18. The summed E-state index contributed by atoms with van der Waals surface area (Å²) in [5.41, 5.74) is 0. The van der Waals surface area contributed by atoms with Crippen molar-refractivity contribution in [2.45, 2.75) is 38.1 Å². The van der Waals surface area contributed by atoms with Crippen molar-refractivity contribution >= 4 is 5.91 Å². The number of benzene rings is 1. The van der Waals surface area contributed by atoms with Crippen LogP contribution in [-0.2, 0) is 4.79 Å². The number of nitrogens with one attached hydrogen (secondary N) is 2. The molecular formula is C16H23FN2O2. The van der Waals surface area contributed by atoms with Crippen molar-refractivity contribution in [1.29, 1.82) is 0 Å². The summed E-state index contributed by atoms with van der Waals surface area (Å²) in [7, 11) is 0. The van der Waals surface area contributed by atoms with Crippen molar-refractivity contribution in [2.24, 2.45) is 0 Å². The van der Waals surface area contributed by atoms with Gasteiger partial charge in [-0.1, -0.05) is 6.42 Å². The van der Waals surface area contributed by atoms with Gasteiger partial charge in [-0.05, 0) is 56.5 Å². The number of ether oxygens (including phenoxy) is 1. The molecule has 5 heteroatoms. The quantitative estimate of drug-likeness (QED) is 0.758. The summed E-state index contributed by atoms with van der Waals surface area (Å²) in [5, 5.41) is 6.18. The first kappa shape index (κ1) is 15.8. The summed E-state index contributed by atoms with van der Waals surface area (Å²) in [6, 6.07) is 5.98. The lowest BCUT2D eigenvalue weighted by molar-refractivity contribution is -0.123. The molecule has 0 radical (unpaired) electrons. The van der Waals surface area contributed by atoms with E-state index < -0.39 is 0 Å². The van der Waals surface area contributed by atoms with Crippen molar-refractivity contribution in [3.05, 3.63) is 30.1 Å². The molecule has 1 aromatic carbocycles. The van der Waals surface area contributed by atoms with E-state index in [1.165, 1.54) is 12.1 Å². The van der Waals surface area contributed by atoms with Gasteiger partial charge in [0.15, 0.2) is 0 Å². The van der Waals surface area contributed by atoms with Gasteiger partial charge in [-0.25, -0.2) is 4.39 Å². The molecule has 1 aliphatic rings. The second-order valence-corrected chi connectivity index (χ2v) is 5.30. The van der Waals surface area contributed by atoms with Crippen LogP contribution in [0.5, 0.6) is 5.75 Å². The van der Waals surface area contributed by atoms with Gasteiger partial charge in [0.2, 0.25) is 5.91 Å². The maximum atomic E-state index is 12.7. The standard InChI is InChI=1S/C16H23FN2O2/c17-13-6-8-14(9-7-13)21-12-4-3-11-19-16(20)15-5-1-2-10-18-15/h6-9,15,18H,1-5,10-12H2,(H,19,20). The Balaban J connectivity index is 1.51. The highest BCUT2D eigenvalue weighted by Crippen LogP contribution is 2.11. The second kappa shape index (κ2) is 8.62. The van der Waals surface area contributed by atoms with Crippen LogP contribution in [0.1, 0.15) is 32.1 Å². The number of carbonyl (C=O) groups excluding carboxylic acids is 1. The van der Waals surface area contributed by atoms with Crippen LogP contribution in [-0.4, -0.2) is 31.6 Å². The molecule has 1 heterocycles. The minimum Gasteiger partial charge on any atom is -0.494 e. The van der Waals surface area contributed by atoms with Crippen molar-refractivity contribution in [1.82, 2.24) is 10.6 Å². The lowest BCUT2D eigenvalue weighted by atomic mass is 10.0. The number of hydrogen-bond donors (Lipinski definition) is 2. The average Bonchev–Trinajstić information content (AvgIpc) is 2.53. The van der Waals surface area contributed by atoms with E-state index in [-0.39, 0.29) is 17.8 Å². The number of hydrogen-bond acceptors (Lipinski definition) is 3. The van der Waals surface area contributed by atoms with Crippen molar-refractivity contribution in [2.75, 3.05) is 19.7 Å². The summed E-state index contributed by atoms with van der Waals surface area (Å²) < 4.78 is 18.2. The molecule has 0 spiro atoms. The van der Waals surface area contributed by atoms with E-state index in [2.05, 4.69) is 10.6 Å². The van der Waals surface area contributed by atoms with Crippen LogP contribution in [0.25, 0.3) is 0 Å². The van der Waals surface area contributed by atoms with Gasteiger partial charge >= 0.3 is 0 Å². The largest absolute Gasteiger partial charge is 0.494 e. The Labute approximate surface area is 125 Å². The van der Waals surface area contributed by atoms with Gasteiger partial charge in [0.05, 0.1) is 12.6 Å². The molecule has 1 saturated heterocycles. The van der Waals surface area contributed by atoms with Crippen LogP contribution in [0.15, 0.2) is 24.3 Å². The highest BCUT2D eigenvalue weighted by atomic mass is 19.1. The molecule has 0 bridgehead atoms.